The zero-order valence-corrected chi connectivity index (χ0v) is 19.9. The Bertz CT molecular complexity index is 843. The third kappa shape index (κ3) is 7.53. The SMILES string of the molecule is CC[C@H](C(=O)NCC(C)C)N(Cc1ccccc1Cl)C(=O)CSc1ccc(Cl)cc1. The quantitative estimate of drug-likeness (QED) is 0.459. The van der Waals surface area contributed by atoms with Crippen LogP contribution in [0.4, 0.5) is 0 Å². The zero-order chi connectivity index (χ0) is 22.1. The van der Waals surface area contributed by atoms with E-state index in [4.69, 9.17) is 23.2 Å². The highest BCUT2D eigenvalue weighted by molar-refractivity contribution is 8.00. The number of halogens is 2. The maximum absolute atomic E-state index is 13.2. The molecule has 0 saturated heterocycles. The second kappa shape index (κ2) is 12.2. The Labute approximate surface area is 193 Å². The first-order valence-electron chi connectivity index (χ1n) is 10.0. The minimum absolute atomic E-state index is 0.110. The first-order chi connectivity index (χ1) is 14.3. The van der Waals surface area contributed by atoms with Crippen molar-refractivity contribution < 1.29 is 9.59 Å². The molecule has 1 atom stereocenters. The molecule has 0 aromatic heterocycles. The third-order valence-electron chi connectivity index (χ3n) is 4.54. The van der Waals surface area contributed by atoms with E-state index in [9.17, 15) is 9.59 Å². The smallest absolute Gasteiger partial charge is 0.242 e. The molecule has 162 valence electrons. The molecule has 2 aromatic carbocycles. The van der Waals surface area contributed by atoms with E-state index < -0.39 is 6.04 Å². The normalized spacial score (nSPS) is 11.9. The van der Waals surface area contributed by atoms with Crippen LogP contribution in [0.1, 0.15) is 32.8 Å². The van der Waals surface area contributed by atoms with Gasteiger partial charge >= 0.3 is 0 Å². The molecule has 0 spiro atoms. The first kappa shape index (κ1) is 24.6. The zero-order valence-electron chi connectivity index (χ0n) is 17.5. The molecule has 0 saturated carbocycles. The number of rotatable bonds is 10. The second-order valence-electron chi connectivity index (χ2n) is 7.42. The molecule has 2 rings (SSSR count). The summed E-state index contributed by atoms with van der Waals surface area (Å²) in [5.74, 6) is 0.309. The molecule has 0 fully saturated rings. The van der Waals surface area contributed by atoms with Gasteiger partial charge in [-0.1, -0.05) is 62.2 Å². The second-order valence-corrected chi connectivity index (χ2v) is 9.31. The van der Waals surface area contributed by atoms with Crippen molar-refractivity contribution in [2.24, 2.45) is 5.92 Å². The van der Waals surface area contributed by atoms with Crippen molar-refractivity contribution in [1.82, 2.24) is 10.2 Å². The van der Waals surface area contributed by atoms with Crippen LogP contribution in [0.5, 0.6) is 0 Å². The summed E-state index contributed by atoms with van der Waals surface area (Å²) >= 11 is 13.7. The average molecular weight is 467 g/mol. The number of nitrogens with zero attached hydrogens (tertiary/aromatic N) is 1. The lowest BCUT2D eigenvalue weighted by atomic mass is 10.1. The van der Waals surface area contributed by atoms with E-state index in [0.717, 1.165) is 10.5 Å². The van der Waals surface area contributed by atoms with Gasteiger partial charge in [-0.2, -0.15) is 0 Å². The Morgan fingerprint density at radius 3 is 2.33 bits per heavy atom. The van der Waals surface area contributed by atoms with Gasteiger partial charge in [-0.15, -0.1) is 11.8 Å². The van der Waals surface area contributed by atoms with Crippen LogP contribution in [0.25, 0.3) is 0 Å². The average Bonchev–Trinajstić information content (AvgIpc) is 2.72. The fraction of sp³-hybridized carbons (Fsp3) is 0.391. The molecule has 0 aliphatic rings. The summed E-state index contributed by atoms with van der Waals surface area (Å²) in [6.07, 6.45) is 0.520. The van der Waals surface area contributed by atoms with E-state index in [2.05, 4.69) is 5.32 Å². The monoisotopic (exact) mass is 466 g/mol. The lowest BCUT2D eigenvalue weighted by Crippen LogP contribution is -2.50. The van der Waals surface area contributed by atoms with Crippen LogP contribution in [-0.4, -0.2) is 35.1 Å². The number of nitrogens with one attached hydrogen (secondary N) is 1. The molecule has 2 amide bonds. The predicted octanol–water partition coefficient (Wildman–Crippen LogP) is 5.67. The van der Waals surface area contributed by atoms with E-state index in [1.54, 1.807) is 23.1 Å². The van der Waals surface area contributed by atoms with Crippen molar-refractivity contribution in [3.8, 4) is 0 Å². The molecule has 0 unspecified atom stereocenters. The third-order valence-corrected chi connectivity index (χ3v) is 6.16. The molecule has 2 aromatic rings. The molecule has 0 heterocycles. The van der Waals surface area contributed by atoms with Crippen LogP contribution in [-0.2, 0) is 16.1 Å². The number of hydrogen-bond acceptors (Lipinski definition) is 3. The van der Waals surface area contributed by atoms with E-state index >= 15 is 0 Å². The Morgan fingerprint density at radius 1 is 1.07 bits per heavy atom. The molecule has 4 nitrogen and oxygen atoms in total. The molecule has 1 N–H and O–H groups in total. The van der Waals surface area contributed by atoms with E-state index in [-0.39, 0.29) is 24.1 Å². The van der Waals surface area contributed by atoms with E-state index in [0.29, 0.717) is 28.9 Å². The van der Waals surface area contributed by atoms with Gasteiger partial charge in [-0.25, -0.2) is 0 Å². The molecule has 0 aliphatic carbocycles. The van der Waals surface area contributed by atoms with Gasteiger partial charge in [-0.3, -0.25) is 9.59 Å². The molecular formula is C23H28Cl2N2O2S. The van der Waals surface area contributed by atoms with Crippen molar-refractivity contribution >= 4 is 46.8 Å². The summed E-state index contributed by atoms with van der Waals surface area (Å²) in [5.41, 5.74) is 0.819. The number of hydrogen-bond donors (Lipinski definition) is 1. The van der Waals surface area contributed by atoms with Crippen LogP contribution >= 0.6 is 35.0 Å². The highest BCUT2D eigenvalue weighted by Gasteiger charge is 2.29. The standard InChI is InChI=1S/C23H28Cl2N2O2S/c1-4-21(23(29)26-13-16(2)3)27(14-17-7-5-6-8-20(17)25)22(28)15-30-19-11-9-18(24)10-12-19/h5-12,16,21H,4,13-15H2,1-3H3,(H,26,29)/t21-/m1/s1. The van der Waals surface area contributed by atoms with Crippen molar-refractivity contribution in [2.75, 3.05) is 12.3 Å². The molecule has 0 radical (unpaired) electrons. The van der Waals surface area contributed by atoms with Crippen LogP contribution in [0, 0.1) is 5.92 Å². The Hall–Kier alpha value is -1.69. The maximum atomic E-state index is 13.2. The lowest BCUT2D eigenvalue weighted by Gasteiger charge is -2.31. The van der Waals surface area contributed by atoms with Gasteiger partial charge in [0.15, 0.2) is 0 Å². The summed E-state index contributed by atoms with van der Waals surface area (Å²) in [5, 5.41) is 4.19. The molecule has 0 aliphatic heterocycles. The van der Waals surface area contributed by atoms with Gasteiger partial charge in [0.05, 0.1) is 5.75 Å². The van der Waals surface area contributed by atoms with Crippen molar-refractivity contribution in [1.29, 1.82) is 0 Å². The number of amides is 2. The topological polar surface area (TPSA) is 49.4 Å². The Kier molecular flexibility index (Phi) is 10.0. The van der Waals surface area contributed by atoms with Gasteiger partial charge in [-0.05, 0) is 48.2 Å². The van der Waals surface area contributed by atoms with Crippen molar-refractivity contribution in [2.45, 2.75) is 44.7 Å². The highest BCUT2D eigenvalue weighted by atomic mass is 35.5. The summed E-state index contributed by atoms with van der Waals surface area (Å²) in [7, 11) is 0. The molecule has 30 heavy (non-hydrogen) atoms. The van der Waals surface area contributed by atoms with Gasteiger partial charge in [0.1, 0.15) is 6.04 Å². The lowest BCUT2D eigenvalue weighted by molar-refractivity contribution is -0.139. The van der Waals surface area contributed by atoms with E-state index in [1.807, 2.05) is 51.1 Å². The van der Waals surface area contributed by atoms with Gasteiger partial charge in [0.25, 0.3) is 0 Å². The number of benzene rings is 2. The summed E-state index contributed by atoms with van der Waals surface area (Å²) in [6.45, 7) is 6.85. The van der Waals surface area contributed by atoms with Crippen molar-refractivity contribution in [3.05, 3.63) is 64.1 Å². The van der Waals surface area contributed by atoms with Crippen LogP contribution < -0.4 is 5.32 Å². The number of carbonyl (C=O) groups is 2. The van der Waals surface area contributed by atoms with Gasteiger partial charge < -0.3 is 10.2 Å². The molecule has 0 bridgehead atoms. The predicted molar refractivity (Wildman–Crippen MR) is 126 cm³/mol. The van der Waals surface area contributed by atoms with Gasteiger partial charge in [0, 0.05) is 28.0 Å². The maximum Gasteiger partial charge on any atom is 0.242 e. The summed E-state index contributed by atoms with van der Waals surface area (Å²) < 4.78 is 0. The summed E-state index contributed by atoms with van der Waals surface area (Å²) in [4.78, 5) is 28.6. The number of thioether (sulfide) groups is 1. The summed E-state index contributed by atoms with van der Waals surface area (Å²) in [6, 6.07) is 14.2. The molecule has 7 heteroatoms. The fourth-order valence-corrected chi connectivity index (χ4v) is 4.02. The van der Waals surface area contributed by atoms with Crippen LogP contribution in [0.15, 0.2) is 53.4 Å². The van der Waals surface area contributed by atoms with Crippen LogP contribution in [0.2, 0.25) is 10.0 Å². The first-order valence-corrected chi connectivity index (χ1v) is 11.7. The fourth-order valence-electron chi connectivity index (χ4n) is 2.91. The highest BCUT2D eigenvalue weighted by Crippen LogP contribution is 2.24. The van der Waals surface area contributed by atoms with Crippen molar-refractivity contribution in [3.63, 3.8) is 0 Å². The number of carbonyl (C=O) groups excluding carboxylic acids is 2. The Morgan fingerprint density at radius 2 is 1.73 bits per heavy atom. The largest absolute Gasteiger partial charge is 0.354 e. The van der Waals surface area contributed by atoms with Gasteiger partial charge in [0.2, 0.25) is 11.8 Å². The van der Waals surface area contributed by atoms with Crippen LogP contribution in [0.3, 0.4) is 0 Å². The minimum atomic E-state index is -0.557. The van der Waals surface area contributed by atoms with E-state index in [1.165, 1.54) is 11.8 Å². The molecular weight excluding hydrogens is 439 g/mol. The minimum Gasteiger partial charge on any atom is -0.354 e. The Balaban J connectivity index is 2.19.